The second kappa shape index (κ2) is 9.37. The summed E-state index contributed by atoms with van der Waals surface area (Å²) in [4.78, 5) is 17.2. The molecule has 1 aromatic heterocycles. The zero-order valence-electron chi connectivity index (χ0n) is 16.3. The first-order valence-corrected chi connectivity index (χ1v) is 9.99. The fourth-order valence-corrected chi connectivity index (χ4v) is 4.01. The summed E-state index contributed by atoms with van der Waals surface area (Å²) in [7, 11) is 3.16. The molecule has 0 bridgehead atoms. The molecule has 0 unspecified atom stereocenters. The van der Waals surface area contributed by atoms with Crippen molar-refractivity contribution in [2.24, 2.45) is 0 Å². The van der Waals surface area contributed by atoms with Gasteiger partial charge in [-0.3, -0.25) is 4.79 Å². The molecule has 2 aromatic carbocycles. The maximum atomic E-state index is 12.6. The van der Waals surface area contributed by atoms with Gasteiger partial charge in [0.15, 0.2) is 11.5 Å². The number of hydrogen-bond donors (Lipinski definition) is 1. The summed E-state index contributed by atoms with van der Waals surface area (Å²) in [6.45, 7) is 2.50. The van der Waals surface area contributed by atoms with Crippen molar-refractivity contribution < 1.29 is 14.3 Å². The number of aromatic nitrogens is 1. The standard InChI is InChI=1S/C22H24N2O3S/c1-4-8-15-13-16(14-18(26-2)21(15)27-3)22(25)23-12-7-11-20-24-17-9-5-6-10-19(17)28-20/h4-6,8-10,13-14H,7,11-12H2,1-3H3,(H,23,25)/b8-4+. The minimum atomic E-state index is -0.129. The van der Waals surface area contributed by atoms with Crippen molar-refractivity contribution in [1.82, 2.24) is 10.3 Å². The van der Waals surface area contributed by atoms with Gasteiger partial charge in [0.25, 0.3) is 5.91 Å². The van der Waals surface area contributed by atoms with Crippen LogP contribution in [0.5, 0.6) is 11.5 Å². The maximum Gasteiger partial charge on any atom is 0.251 e. The minimum absolute atomic E-state index is 0.129. The molecule has 0 saturated carbocycles. The van der Waals surface area contributed by atoms with Crippen molar-refractivity contribution in [3.63, 3.8) is 0 Å². The molecule has 3 aromatic rings. The Bertz CT molecular complexity index is 962. The van der Waals surface area contributed by atoms with Gasteiger partial charge in [-0.25, -0.2) is 4.98 Å². The Hall–Kier alpha value is -2.86. The first-order chi connectivity index (χ1) is 13.7. The molecule has 1 N–H and O–H groups in total. The fourth-order valence-electron chi connectivity index (χ4n) is 3.00. The lowest BCUT2D eigenvalue weighted by atomic mass is 10.1. The molecular formula is C22H24N2O3S. The zero-order valence-corrected chi connectivity index (χ0v) is 17.1. The number of fused-ring (bicyclic) bond motifs is 1. The van der Waals surface area contributed by atoms with E-state index in [0.29, 0.717) is 23.6 Å². The molecule has 0 radical (unpaired) electrons. The Balaban J connectivity index is 1.61. The van der Waals surface area contributed by atoms with E-state index in [0.717, 1.165) is 28.9 Å². The quantitative estimate of drug-likeness (QED) is 0.560. The molecule has 0 aliphatic carbocycles. The average Bonchev–Trinajstić information content (AvgIpc) is 3.13. The van der Waals surface area contributed by atoms with Crippen molar-refractivity contribution in [3.8, 4) is 11.5 Å². The van der Waals surface area contributed by atoms with E-state index in [9.17, 15) is 4.79 Å². The predicted molar refractivity (Wildman–Crippen MR) is 115 cm³/mol. The number of hydrogen-bond acceptors (Lipinski definition) is 5. The van der Waals surface area contributed by atoms with Gasteiger partial charge >= 0.3 is 0 Å². The number of nitrogens with zero attached hydrogens (tertiary/aromatic N) is 1. The van der Waals surface area contributed by atoms with Crippen LogP contribution in [-0.2, 0) is 6.42 Å². The third-order valence-electron chi connectivity index (χ3n) is 4.31. The molecule has 0 atom stereocenters. The summed E-state index contributed by atoms with van der Waals surface area (Å²) in [5, 5.41) is 4.07. The van der Waals surface area contributed by atoms with Crippen molar-refractivity contribution >= 4 is 33.5 Å². The molecule has 5 nitrogen and oxygen atoms in total. The second-order valence-electron chi connectivity index (χ2n) is 6.24. The van der Waals surface area contributed by atoms with Gasteiger partial charge in [-0.2, -0.15) is 0 Å². The van der Waals surface area contributed by atoms with E-state index in [1.54, 1.807) is 31.6 Å². The minimum Gasteiger partial charge on any atom is -0.493 e. The summed E-state index contributed by atoms with van der Waals surface area (Å²) in [6, 6.07) is 11.6. The third-order valence-corrected chi connectivity index (χ3v) is 5.40. The Morgan fingerprint density at radius 2 is 2.04 bits per heavy atom. The van der Waals surface area contributed by atoms with Gasteiger partial charge in [0.05, 0.1) is 29.4 Å². The van der Waals surface area contributed by atoms with Crippen LogP contribution in [0.15, 0.2) is 42.5 Å². The summed E-state index contributed by atoms with van der Waals surface area (Å²) < 4.78 is 12.0. The number of para-hydroxylation sites is 1. The summed E-state index contributed by atoms with van der Waals surface area (Å²) in [5.41, 5.74) is 2.39. The lowest BCUT2D eigenvalue weighted by molar-refractivity contribution is 0.0952. The van der Waals surface area contributed by atoms with Crippen LogP contribution in [0.1, 0.15) is 34.3 Å². The molecular weight excluding hydrogens is 372 g/mol. The predicted octanol–water partition coefficient (Wildman–Crippen LogP) is 4.71. The van der Waals surface area contributed by atoms with Crippen molar-refractivity contribution in [2.45, 2.75) is 19.8 Å². The van der Waals surface area contributed by atoms with Crippen LogP contribution in [-0.4, -0.2) is 31.7 Å². The number of aryl methyl sites for hydroxylation is 1. The number of ether oxygens (including phenoxy) is 2. The lowest BCUT2D eigenvalue weighted by Crippen LogP contribution is -2.25. The highest BCUT2D eigenvalue weighted by Crippen LogP contribution is 2.33. The number of nitrogens with one attached hydrogen (secondary N) is 1. The summed E-state index contributed by atoms with van der Waals surface area (Å²) in [5.74, 6) is 1.03. The number of methoxy groups -OCH3 is 2. The molecule has 0 aliphatic heterocycles. The molecule has 0 aliphatic rings. The number of rotatable bonds is 8. The van der Waals surface area contributed by atoms with Crippen molar-refractivity contribution in [2.75, 3.05) is 20.8 Å². The van der Waals surface area contributed by atoms with E-state index in [4.69, 9.17) is 9.47 Å². The highest BCUT2D eigenvalue weighted by Gasteiger charge is 2.15. The van der Waals surface area contributed by atoms with Crippen LogP contribution in [0.2, 0.25) is 0 Å². The van der Waals surface area contributed by atoms with Crippen LogP contribution in [0.25, 0.3) is 16.3 Å². The molecule has 0 saturated heterocycles. The van der Waals surface area contributed by atoms with Crippen molar-refractivity contribution in [3.05, 3.63) is 58.6 Å². The zero-order chi connectivity index (χ0) is 19.9. The Labute approximate surface area is 169 Å². The van der Waals surface area contributed by atoms with E-state index in [1.807, 2.05) is 43.3 Å². The van der Waals surface area contributed by atoms with Gasteiger partial charge in [0.1, 0.15) is 0 Å². The van der Waals surface area contributed by atoms with E-state index in [1.165, 1.54) is 4.70 Å². The van der Waals surface area contributed by atoms with Gasteiger partial charge in [0.2, 0.25) is 0 Å². The van der Waals surface area contributed by atoms with Crippen LogP contribution < -0.4 is 14.8 Å². The molecule has 3 rings (SSSR count). The van der Waals surface area contributed by atoms with E-state index < -0.39 is 0 Å². The lowest BCUT2D eigenvalue weighted by Gasteiger charge is -2.13. The Morgan fingerprint density at radius 1 is 1.21 bits per heavy atom. The number of amides is 1. The second-order valence-corrected chi connectivity index (χ2v) is 7.35. The largest absolute Gasteiger partial charge is 0.493 e. The number of carbonyl (C=O) groups excluding carboxylic acids is 1. The van der Waals surface area contributed by atoms with Gasteiger partial charge in [-0.05, 0) is 37.6 Å². The summed E-state index contributed by atoms with van der Waals surface area (Å²) >= 11 is 1.71. The number of carbonyl (C=O) groups is 1. The highest BCUT2D eigenvalue weighted by molar-refractivity contribution is 7.18. The van der Waals surface area contributed by atoms with Gasteiger partial charge in [-0.1, -0.05) is 24.3 Å². The number of allylic oxidation sites excluding steroid dienone is 1. The van der Waals surface area contributed by atoms with Crippen molar-refractivity contribution in [1.29, 1.82) is 0 Å². The van der Waals surface area contributed by atoms with Crippen LogP contribution in [0, 0.1) is 0 Å². The number of thiazole rings is 1. The van der Waals surface area contributed by atoms with Gasteiger partial charge in [-0.15, -0.1) is 11.3 Å². The van der Waals surface area contributed by atoms with Gasteiger partial charge in [0, 0.05) is 24.1 Å². The van der Waals surface area contributed by atoms with E-state index in [-0.39, 0.29) is 5.91 Å². The molecule has 6 heteroatoms. The van der Waals surface area contributed by atoms with Crippen LogP contribution in [0.3, 0.4) is 0 Å². The smallest absolute Gasteiger partial charge is 0.251 e. The molecule has 28 heavy (non-hydrogen) atoms. The molecule has 1 amide bonds. The first-order valence-electron chi connectivity index (χ1n) is 9.17. The van der Waals surface area contributed by atoms with Gasteiger partial charge < -0.3 is 14.8 Å². The van der Waals surface area contributed by atoms with Crippen LogP contribution >= 0.6 is 11.3 Å². The Kier molecular flexibility index (Phi) is 6.66. The maximum absolute atomic E-state index is 12.6. The van der Waals surface area contributed by atoms with E-state index in [2.05, 4.69) is 16.4 Å². The topological polar surface area (TPSA) is 60.5 Å². The molecule has 1 heterocycles. The average molecular weight is 397 g/mol. The number of benzene rings is 2. The van der Waals surface area contributed by atoms with E-state index >= 15 is 0 Å². The summed E-state index contributed by atoms with van der Waals surface area (Å²) in [6.07, 6.45) is 5.47. The third kappa shape index (κ3) is 4.51. The highest BCUT2D eigenvalue weighted by atomic mass is 32.1. The Morgan fingerprint density at radius 3 is 2.75 bits per heavy atom. The normalized spacial score (nSPS) is 11.1. The molecule has 0 spiro atoms. The monoisotopic (exact) mass is 396 g/mol. The van der Waals surface area contributed by atoms with Crippen LogP contribution in [0.4, 0.5) is 0 Å². The fraction of sp³-hybridized carbons (Fsp3) is 0.273. The first kappa shape index (κ1) is 19.9. The molecule has 146 valence electrons. The molecule has 0 fully saturated rings. The SMILES string of the molecule is C/C=C/c1cc(C(=O)NCCCc2nc3ccccc3s2)cc(OC)c1OC.